The van der Waals surface area contributed by atoms with Crippen LogP contribution >= 0.6 is 0 Å². The second kappa shape index (κ2) is 10.9. The summed E-state index contributed by atoms with van der Waals surface area (Å²) in [4.78, 5) is 33.8. The maximum absolute atomic E-state index is 13.6. The number of urea groups is 1. The number of hydrogen-bond acceptors (Lipinski definition) is 6. The number of rotatable bonds is 8. The molecule has 1 aliphatic heterocycles. The van der Waals surface area contributed by atoms with E-state index in [1.807, 2.05) is 30.3 Å². The van der Waals surface area contributed by atoms with Gasteiger partial charge in [-0.15, -0.1) is 0 Å². The quantitative estimate of drug-likeness (QED) is 0.303. The van der Waals surface area contributed by atoms with E-state index in [-0.39, 0.29) is 6.61 Å². The first kappa shape index (κ1) is 24.6. The molecule has 0 aliphatic carbocycles. The normalized spacial score (nSPS) is 14.9. The van der Waals surface area contributed by atoms with Crippen molar-refractivity contribution in [3.8, 4) is 11.8 Å². The zero-order valence-corrected chi connectivity index (χ0v) is 20.7. The third kappa shape index (κ3) is 5.20. The van der Waals surface area contributed by atoms with Gasteiger partial charge in [0.1, 0.15) is 18.0 Å². The Bertz CT molecular complexity index is 1580. The van der Waals surface area contributed by atoms with Crippen molar-refractivity contribution >= 4 is 23.0 Å². The first-order valence-electron chi connectivity index (χ1n) is 12.1. The lowest BCUT2D eigenvalue weighted by Gasteiger charge is -2.29. The van der Waals surface area contributed by atoms with Crippen LogP contribution < -0.4 is 15.4 Å². The highest BCUT2D eigenvalue weighted by molar-refractivity contribution is 5.96. The number of ether oxygens (including phenoxy) is 2. The standard InChI is InChI=1S/C29H25N5O4/c1-37-21-8-3-5-18(14-21)10-11-24-25(28(35)38-17-20-7-2-6-19(13-20)15-30)26(34-29(36)33-24)23-16-32-27-22(23)9-4-12-31-27/h2-9,12-14,16,26H,10-11,17H2,1H3,(H,31,32)(H2,33,34,36). The molecule has 9 nitrogen and oxygen atoms in total. The lowest BCUT2D eigenvalue weighted by molar-refractivity contribution is -0.140. The monoisotopic (exact) mass is 507 g/mol. The summed E-state index contributed by atoms with van der Waals surface area (Å²) in [5, 5.41) is 15.7. The number of allylic oxidation sites excluding steroid dienone is 1. The Morgan fingerprint density at radius 2 is 1.92 bits per heavy atom. The Morgan fingerprint density at radius 1 is 1.08 bits per heavy atom. The van der Waals surface area contributed by atoms with Gasteiger partial charge in [0.2, 0.25) is 0 Å². The minimum Gasteiger partial charge on any atom is -0.497 e. The maximum Gasteiger partial charge on any atom is 0.338 e. The molecular weight excluding hydrogens is 482 g/mol. The van der Waals surface area contributed by atoms with Crippen LogP contribution in [0.1, 0.15) is 34.7 Å². The molecule has 2 aromatic heterocycles. The molecule has 3 N–H and O–H groups in total. The number of aryl methyl sites for hydroxylation is 1. The molecule has 0 fully saturated rings. The molecule has 9 heteroatoms. The number of amides is 2. The van der Waals surface area contributed by atoms with E-state index in [0.29, 0.717) is 46.4 Å². The molecule has 0 saturated heterocycles. The van der Waals surface area contributed by atoms with Gasteiger partial charge < -0.3 is 25.1 Å². The predicted octanol–water partition coefficient (Wildman–Crippen LogP) is 4.43. The molecule has 0 saturated carbocycles. The van der Waals surface area contributed by atoms with Crippen LogP contribution in [0, 0.1) is 11.3 Å². The Morgan fingerprint density at radius 3 is 2.76 bits per heavy atom. The van der Waals surface area contributed by atoms with Gasteiger partial charge in [0.25, 0.3) is 0 Å². The Balaban J connectivity index is 1.50. The van der Waals surface area contributed by atoms with Gasteiger partial charge in [-0.2, -0.15) is 5.26 Å². The highest BCUT2D eigenvalue weighted by atomic mass is 16.5. The van der Waals surface area contributed by atoms with Gasteiger partial charge in [-0.1, -0.05) is 24.3 Å². The molecule has 1 atom stereocenters. The lowest BCUT2D eigenvalue weighted by atomic mass is 9.93. The molecule has 0 bridgehead atoms. The summed E-state index contributed by atoms with van der Waals surface area (Å²) in [5.41, 5.74) is 4.32. The number of nitrogens with one attached hydrogen (secondary N) is 3. The molecule has 190 valence electrons. The summed E-state index contributed by atoms with van der Waals surface area (Å²) in [5.74, 6) is 0.165. The van der Waals surface area contributed by atoms with Crippen LogP contribution in [0.25, 0.3) is 11.0 Å². The summed E-state index contributed by atoms with van der Waals surface area (Å²) >= 11 is 0. The lowest BCUT2D eigenvalue weighted by Crippen LogP contribution is -2.46. The van der Waals surface area contributed by atoms with Crippen molar-refractivity contribution in [1.29, 1.82) is 5.26 Å². The van der Waals surface area contributed by atoms with Gasteiger partial charge in [0, 0.05) is 29.0 Å². The minimum absolute atomic E-state index is 0.0167. The number of methoxy groups -OCH3 is 1. The van der Waals surface area contributed by atoms with Crippen molar-refractivity contribution in [2.45, 2.75) is 25.5 Å². The zero-order chi connectivity index (χ0) is 26.5. The van der Waals surface area contributed by atoms with E-state index in [2.05, 4.69) is 26.7 Å². The van der Waals surface area contributed by atoms with Crippen LogP contribution in [0.3, 0.4) is 0 Å². The molecule has 38 heavy (non-hydrogen) atoms. The highest BCUT2D eigenvalue weighted by Crippen LogP contribution is 2.33. The minimum atomic E-state index is -0.750. The Kier molecular flexibility index (Phi) is 7.04. The summed E-state index contributed by atoms with van der Waals surface area (Å²) in [6.45, 7) is -0.0167. The van der Waals surface area contributed by atoms with Crippen molar-refractivity contribution in [1.82, 2.24) is 20.6 Å². The van der Waals surface area contributed by atoms with Crippen molar-refractivity contribution in [2.24, 2.45) is 0 Å². The number of aromatic amines is 1. The van der Waals surface area contributed by atoms with Crippen LogP contribution in [-0.2, 0) is 22.6 Å². The van der Waals surface area contributed by atoms with Crippen molar-refractivity contribution in [3.63, 3.8) is 0 Å². The fourth-order valence-electron chi connectivity index (χ4n) is 4.56. The smallest absolute Gasteiger partial charge is 0.338 e. The van der Waals surface area contributed by atoms with Gasteiger partial charge in [0.15, 0.2) is 0 Å². The molecule has 5 rings (SSSR count). The number of pyridine rings is 1. The summed E-state index contributed by atoms with van der Waals surface area (Å²) in [6, 6.07) is 19.2. The van der Waals surface area contributed by atoms with E-state index in [9.17, 15) is 14.9 Å². The largest absolute Gasteiger partial charge is 0.497 e. The Labute approximate surface area is 219 Å². The first-order chi connectivity index (χ1) is 18.6. The first-order valence-corrected chi connectivity index (χ1v) is 12.1. The topological polar surface area (TPSA) is 129 Å². The van der Waals surface area contributed by atoms with E-state index in [1.54, 1.807) is 49.8 Å². The van der Waals surface area contributed by atoms with Gasteiger partial charge >= 0.3 is 12.0 Å². The molecular formula is C29H25N5O4. The Hall–Kier alpha value is -5.10. The molecule has 0 radical (unpaired) electrons. The SMILES string of the molecule is COc1cccc(CCC2=C(C(=O)OCc3cccc(C#N)c3)C(c3c[nH]c4ncccc34)NC(=O)N2)c1. The number of aromatic nitrogens is 2. The molecule has 3 heterocycles. The highest BCUT2D eigenvalue weighted by Gasteiger charge is 2.35. The molecule has 2 aromatic carbocycles. The number of H-pyrrole nitrogens is 1. The maximum atomic E-state index is 13.6. The number of nitriles is 1. The number of hydrogen-bond donors (Lipinski definition) is 3. The fourth-order valence-corrected chi connectivity index (χ4v) is 4.56. The van der Waals surface area contributed by atoms with Gasteiger partial charge in [-0.25, -0.2) is 14.6 Å². The number of benzene rings is 2. The molecule has 4 aromatic rings. The summed E-state index contributed by atoms with van der Waals surface area (Å²) in [7, 11) is 1.61. The van der Waals surface area contributed by atoms with Gasteiger partial charge in [0.05, 0.1) is 30.4 Å². The predicted molar refractivity (Wildman–Crippen MR) is 140 cm³/mol. The summed E-state index contributed by atoms with van der Waals surface area (Å²) in [6.07, 6.45) is 4.38. The molecule has 2 amide bonds. The molecule has 1 aliphatic rings. The third-order valence-corrected chi connectivity index (χ3v) is 6.39. The van der Waals surface area contributed by atoms with Crippen LogP contribution in [0.15, 0.2) is 84.3 Å². The van der Waals surface area contributed by atoms with Gasteiger partial charge in [-0.3, -0.25) is 0 Å². The van der Waals surface area contributed by atoms with E-state index >= 15 is 0 Å². The summed E-state index contributed by atoms with van der Waals surface area (Å²) < 4.78 is 11.0. The second-order valence-corrected chi connectivity index (χ2v) is 8.81. The fraction of sp³-hybridized carbons (Fsp3) is 0.172. The molecule has 1 unspecified atom stereocenters. The van der Waals surface area contributed by atoms with E-state index < -0.39 is 18.0 Å². The van der Waals surface area contributed by atoms with Crippen LogP contribution in [-0.4, -0.2) is 29.1 Å². The van der Waals surface area contributed by atoms with Crippen molar-refractivity contribution in [3.05, 3.63) is 107 Å². The van der Waals surface area contributed by atoms with Crippen LogP contribution in [0.5, 0.6) is 5.75 Å². The molecule has 0 spiro atoms. The number of fused-ring (bicyclic) bond motifs is 1. The number of carbonyl (C=O) groups is 2. The zero-order valence-electron chi connectivity index (χ0n) is 20.7. The van der Waals surface area contributed by atoms with Gasteiger partial charge in [-0.05, 0) is 60.4 Å². The number of carbonyl (C=O) groups excluding carboxylic acids is 2. The van der Waals surface area contributed by atoms with Crippen LogP contribution in [0.4, 0.5) is 4.79 Å². The van der Waals surface area contributed by atoms with E-state index in [1.165, 1.54) is 0 Å². The van der Waals surface area contributed by atoms with Crippen molar-refractivity contribution in [2.75, 3.05) is 7.11 Å². The second-order valence-electron chi connectivity index (χ2n) is 8.81. The van der Waals surface area contributed by atoms with E-state index in [0.717, 1.165) is 16.7 Å². The number of nitrogens with zero attached hydrogens (tertiary/aromatic N) is 2. The van der Waals surface area contributed by atoms with E-state index in [4.69, 9.17) is 9.47 Å². The average Bonchev–Trinajstić information content (AvgIpc) is 3.39. The van der Waals surface area contributed by atoms with Crippen LogP contribution in [0.2, 0.25) is 0 Å². The van der Waals surface area contributed by atoms with Crippen molar-refractivity contribution < 1.29 is 19.1 Å². The third-order valence-electron chi connectivity index (χ3n) is 6.39. The number of esters is 1. The average molecular weight is 508 g/mol.